The summed E-state index contributed by atoms with van der Waals surface area (Å²) in [6.07, 6.45) is 3.25. The van der Waals surface area contributed by atoms with Gasteiger partial charge in [0, 0.05) is 16.6 Å². The van der Waals surface area contributed by atoms with E-state index < -0.39 is 0 Å². The van der Waals surface area contributed by atoms with Crippen LogP contribution in [0, 0.1) is 42.4 Å². The molecule has 114 valence electrons. The lowest BCUT2D eigenvalue weighted by Gasteiger charge is -2.39. The zero-order valence-corrected chi connectivity index (χ0v) is 14.5. The summed E-state index contributed by atoms with van der Waals surface area (Å²) in [5, 5.41) is 10.6. The van der Waals surface area contributed by atoms with E-state index in [9.17, 15) is 5.26 Å². The predicted octanol–water partition coefficient (Wildman–Crippen LogP) is 4.54. The highest BCUT2D eigenvalue weighted by molar-refractivity contribution is 7.99. The lowest BCUT2D eigenvalue weighted by Crippen LogP contribution is -2.33. The number of nitrogens with zero attached hydrogens (tertiary/aromatic N) is 3. The maximum absolute atomic E-state index is 9.43. The normalized spacial score (nSPS) is 26.4. The second-order valence-corrected chi connectivity index (χ2v) is 8.41. The zero-order chi connectivity index (χ0) is 15.6. The molecular formula is C17H25N3S. The van der Waals surface area contributed by atoms with Crippen LogP contribution in [0.15, 0.2) is 11.2 Å². The maximum atomic E-state index is 9.43. The van der Waals surface area contributed by atoms with Crippen LogP contribution < -0.4 is 0 Å². The Morgan fingerprint density at radius 2 is 1.81 bits per heavy atom. The fourth-order valence-electron chi connectivity index (χ4n) is 3.08. The first-order valence-corrected chi connectivity index (χ1v) is 8.56. The van der Waals surface area contributed by atoms with Crippen molar-refractivity contribution in [1.29, 1.82) is 5.26 Å². The van der Waals surface area contributed by atoms with Gasteiger partial charge in [0.2, 0.25) is 0 Å². The van der Waals surface area contributed by atoms with Crippen molar-refractivity contribution in [3.8, 4) is 6.07 Å². The summed E-state index contributed by atoms with van der Waals surface area (Å²) in [4.78, 5) is 9.05. The van der Waals surface area contributed by atoms with Crippen molar-refractivity contribution in [3.05, 3.63) is 17.5 Å². The molecule has 1 aliphatic rings. The molecule has 0 aliphatic heterocycles. The molecule has 3 atom stereocenters. The highest BCUT2D eigenvalue weighted by atomic mass is 32.2. The molecule has 1 saturated carbocycles. The van der Waals surface area contributed by atoms with Gasteiger partial charge < -0.3 is 0 Å². The first-order chi connectivity index (χ1) is 9.79. The van der Waals surface area contributed by atoms with E-state index in [-0.39, 0.29) is 5.92 Å². The molecular weight excluding hydrogens is 278 g/mol. The molecule has 1 aromatic heterocycles. The van der Waals surface area contributed by atoms with E-state index in [0.717, 1.165) is 35.8 Å². The van der Waals surface area contributed by atoms with Crippen LogP contribution in [-0.2, 0) is 0 Å². The van der Waals surface area contributed by atoms with Crippen molar-refractivity contribution in [2.45, 2.75) is 64.3 Å². The van der Waals surface area contributed by atoms with Gasteiger partial charge in [-0.1, -0.05) is 32.5 Å². The van der Waals surface area contributed by atoms with Crippen LogP contribution in [0.3, 0.4) is 0 Å². The number of nitriles is 1. The van der Waals surface area contributed by atoms with E-state index in [1.165, 1.54) is 0 Å². The summed E-state index contributed by atoms with van der Waals surface area (Å²) in [6, 6.07) is 4.49. The van der Waals surface area contributed by atoms with Crippen LogP contribution >= 0.6 is 11.8 Å². The third-order valence-electron chi connectivity index (χ3n) is 4.40. The molecule has 3 nitrogen and oxygen atoms in total. The lowest BCUT2D eigenvalue weighted by atomic mass is 9.70. The van der Waals surface area contributed by atoms with Gasteiger partial charge in [-0.25, -0.2) is 9.97 Å². The van der Waals surface area contributed by atoms with Crippen LogP contribution in [0.25, 0.3) is 0 Å². The summed E-state index contributed by atoms with van der Waals surface area (Å²) < 4.78 is 0. The first-order valence-electron chi connectivity index (χ1n) is 7.68. The Kier molecular flexibility index (Phi) is 4.93. The topological polar surface area (TPSA) is 49.6 Å². The summed E-state index contributed by atoms with van der Waals surface area (Å²) in [6.45, 7) is 10.9. The van der Waals surface area contributed by atoms with E-state index in [4.69, 9.17) is 0 Å². The zero-order valence-electron chi connectivity index (χ0n) is 13.7. The van der Waals surface area contributed by atoms with E-state index in [0.29, 0.717) is 16.6 Å². The molecule has 21 heavy (non-hydrogen) atoms. The van der Waals surface area contributed by atoms with E-state index in [1.807, 2.05) is 19.9 Å². The summed E-state index contributed by atoms with van der Waals surface area (Å²) in [7, 11) is 0. The second kappa shape index (κ2) is 6.36. The Labute approximate surface area is 132 Å². The van der Waals surface area contributed by atoms with Gasteiger partial charge in [0.25, 0.3) is 0 Å². The highest BCUT2D eigenvalue weighted by Gasteiger charge is 2.36. The van der Waals surface area contributed by atoms with Crippen molar-refractivity contribution in [3.63, 3.8) is 0 Å². The maximum Gasteiger partial charge on any atom is 0.188 e. The van der Waals surface area contributed by atoms with Gasteiger partial charge in [0.1, 0.15) is 0 Å². The van der Waals surface area contributed by atoms with Gasteiger partial charge >= 0.3 is 0 Å². The van der Waals surface area contributed by atoms with Crippen molar-refractivity contribution >= 4 is 11.8 Å². The fourth-order valence-corrected chi connectivity index (χ4v) is 4.43. The van der Waals surface area contributed by atoms with Gasteiger partial charge in [-0.3, -0.25) is 0 Å². The van der Waals surface area contributed by atoms with Crippen molar-refractivity contribution in [1.82, 2.24) is 9.97 Å². The molecule has 0 N–H and O–H groups in total. The van der Waals surface area contributed by atoms with Crippen LogP contribution in [0.5, 0.6) is 0 Å². The third-order valence-corrected chi connectivity index (χ3v) is 5.62. The number of aromatic nitrogens is 2. The van der Waals surface area contributed by atoms with Crippen LogP contribution in [0.1, 0.15) is 51.4 Å². The molecule has 0 saturated heterocycles. The molecule has 1 heterocycles. The standard InChI is InChI=1S/C17H25N3S/c1-11-8-12(2)20-16(19-11)21-15-9-14(17(3,4)5)7-6-13(15)10-18/h8,13-15H,6-7,9H2,1-5H3. The molecule has 4 heteroatoms. The minimum atomic E-state index is 0.123. The quantitative estimate of drug-likeness (QED) is 0.753. The van der Waals surface area contributed by atoms with Crippen molar-refractivity contribution in [2.75, 3.05) is 0 Å². The highest BCUT2D eigenvalue weighted by Crippen LogP contribution is 2.45. The number of rotatable bonds is 2. The minimum Gasteiger partial charge on any atom is -0.228 e. The van der Waals surface area contributed by atoms with Gasteiger partial charge in [-0.2, -0.15) is 5.26 Å². The van der Waals surface area contributed by atoms with E-state index in [2.05, 4.69) is 36.8 Å². The van der Waals surface area contributed by atoms with Gasteiger partial charge in [0.15, 0.2) is 5.16 Å². The molecule has 0 amide bonds. The minimum absolute atomic E-state index is 0.123. The molecule has 0 aromatic carbocycles. The van der Waals surface area contributed by atoms with Gasteiger partial charge in [0.05, 0.1) is 12.0 Å². The summed E-state index contributed by atoms with van der Waals surface area (Å²) in [5.41, 5.74) is 2.31. The Balaban J connectivity index is 2.16. The molecule has 1 fully saturated rings. The SMILES string of the molecule is Cc1cc(C)nc(SC2CC(C(C)(C)C)CCC2C#N)n1. The number of hydrogen-bond acceptors (Lipinski definition) is 4. The van der Waals surface area contributed by atoms with Gasteiger partial charge in [-0.05, 0) is 50.5 Å². The number of aryl methyl sites for hydroxylation is 2. The van der Waals surface area contributed by atoms with Crippen LogP contribution in [0.2, 0.25) is 0 Å². The summed E-state index contributed by atoms with van der Waals surface area (Å²) >= 11 is 1.70. The molecule has 0 bridgehead atoms. The van der Waals surface area contributed by atoms with Crippen molar-refractivity contribution < 1.29 is 0 Å². The van der Waals surface area contributed by atoms with Crippen LogP contribution in [-0.4, -0.2) is 15.2 Å². The average Bonchev–Trinajstić information content (AvgIpc) is 2.36. The van der Waals surface area contributed by atoms with E-state index >= 15 is 0 Å². The molecule has 0 radical (unpaired) electrons. The second-order valence-electron chi connectivity index (χ2n) is 7.20. The first kappa shape index (κ1) is 16.3. The average molecular weight is 303 g/mol. The Hall–Kier alpha value is -1.08. The summed E-state index contributed by atoms with van der Waals surface area (Å²) in [5.74, 6) is 0.795. The number of thioether (sulfide) groups is 1. The molecule has 1 aliphatic carbocycles. The van der Waals surface area contributed by atoms with Crippen molar-refractivity contribution in [2.24, 2.45) is 17.3 Å². The van der Waals surface area contributed by atoms with Gasteiger partial charge in [-0.15, -0.1) is 0 Å². The smallest absolute Gasteiger partial charge is 0.188 e. The van der Waals surface area contributed by atoms with Crippen LogP contribution in [0.4, 0.5) is 0 Å². The molecule has 1 aromatic rings. The van der Waals surface area contributed by atoms with E-state index in [1.54, 1.807) is 11.8 Å². The fraction of sp³-hybridized carbons (Fsp3) is 0.706. The number of hydrogen-bond donors (Lipinski definition) is 0. The monoisotopic (exact) mass is 303 g/mol. The molecule has 3 unspecified atom stereocenters. The molecule has 0 spiro atoms. The Morgan fingerprint density at radius 1 is 1.19 bits per heavy atom. The largest absolute Gasteiger partial charge is 0.228 e. The molecule has 2 rings (SSSR count). The Morgan fingerprint density at radius 3 is 2.33 bits per heavy atom. The third kappa shape index (κ3) is 4.20. The predicted molar refractivity (Wildman–Crippen MR) is 87.1 cm³/mol. The Bertz CT molecular complexity index is 522. The lowest BCUT2D eigenvalue weighted by molar-refractivity contribution is 0.169.